The summed E-state index contributed by atoms with van der Waals surface area (Å²) in [6, 6.07) is 4.18. The largest absolute Gasteiger partial charge is 0.493 e. The third-order valence-electron chi connectivity index (χ3n) is 2.82. The summed E-state index contributed by atoms with van der Waals surface area (Å²) >= 11 is 0. The van der Waals surface area contributed by atoms with E-state index in [1.54, 1.807) is 7.11 Å². The minimum absolute atomic E-state index is 0.0311. The molecular weight excluding hydrogens is 226 g/mol. The number of nitrogens with two attached hydrogens (primary N) is 1. The molecule has 0 fully saturated rings. The Morgan fingerprint density at radius 2 is 1.89 bits per heavy atom. The van der Waals surface area contributed by atoms with Crippen LogP contribution in [0.25, 0.3) is 0 Å². The highest BCUT2D eigenvalue weighted by atomic mass is 16.5. The Morgan fingerprint density at radius 3 is 2.39 bits per heavy atom. The van der Waals surface area contributed by atoms with Gasteiger partial charge in [0.15, 0.2) is 11.5 Å². The SMILES string of the molecule is COc1c(OCCCN)cc(C)cc1C(C)(C)C. The minimum atomic E-state index is 0.0311. The van der Waals surface area contributed by atoms with Gasteiger partial charge in [-0.1, -0.05) is 26.8 Å². The summed E-state index contributed by atoms with van der Waals surface area (Å²) in [5.74, 6) is 1.65. The lowest BCUT2D eigenvalue weighted by molar-refractivity contribution is 0.287. The van der Waals surface area contributed by atoms with Gasteiger partial charge in [-0.15, -0.1) is 0 Å². The number of rotatable bonds is 5. The fourth-order valence-electron chi connectivity index (χ4n) is 1.88. The third-order valence-corrected chi connectivity index (χ3v) is 2.82. The van der Waals surface area contributed by atoms with Crippen LogP contribution >= 0.6 is 0 Å². The van der Waals surface area contributed by atoms with Gasteiger partial charge in [-0.2, -0.15) is 0 Å². The lowest BCUT2D eigenvalue weighted by atomic mass is 9.85. The zero-order valence-electron chi connectivity index (χ0n) is 12.2. The maximum absolute atomic E-state index is 5.78. The molecule has 3 heteroatoms. The number of methoxy groups -OCH3 is 1. The Hall–Kier alpha value is -1.22. The molecule has 0 amide bonds. The molecule has 18 heavy (non-hydrogen) atoms. The normalized spacial score (nSPS) is 11.4. The molecule has 2 N–H and O–H groups in total. The van der Waals surface area contributed by atoms with Gasteiger partial charge >= 0.3 is 0 Å². The molecule has 102 valence electrons. The van der Waals surface area contributed by atoms with Gasteiger partial charge in [0, 0.05) is 5.56 Å². The first kappa shape index (κ1) is 14.8. The van der Waals surface area contributed by atoms with Gasteiger partial charge in [-0.05, 0) is 36.9 Å². The molecule has 1 aromatic carbocycles. The Morgan fingerprint density at radius 1 is 1.22 bits per heavy atom. The van der Waals surface area contributed by atoms with E-state index in [1.807, 2.05) is 6.07 Å². The van der Waals surface area contributed by atoms with E-state index >= 15 is 0 Å². The average molecular weight is 251 g/mol. The Kier molecular flexibility index (Phi) is 5.03. The summed E-state index contributed by atoms with van der Waals surface area (Å²) in [5.41, 5.74) is 7.87. The standard InChI is InChI=1S/C15H25NO2/c1-11-9-12(15(2,3)4)14(17-5)13(10-11)18-8-6-7-16/h9-10H,6-8,16H2,1-5H3. The second kappa shape index (κ2) is 6.10. The van der Waals surface area contributed by atoms with Crippen molar-refractivity contribution in [2.45, 2.75) is 39.5 Å². The summed E-state index contributed by atoms with van der Waals surface area (Å²) in [5, 5.41) is 0. The number of hydrogen-bond acceptors (Lipinski definition) is 3. The molecule has 0 heterocycles. The van der Waals surface area contributed by atoms with Gasteiger partial charge in [0.05, 0.1) is 13.7 Å². The van der Waals surface area contributed by atoms with Gasteiger partial charge in [-0.25, -0.2) is 0 Å². The number of aryl methyl sites for hydroxylation is 1. The van der Waals surface area contributed by atoms with Crippen LogP contribution in [0.2, 0.25) is 0 Å². The van der Waals surface area contributed by atoms with Crippen molar-refractivity contribution in [1.82, 2.24) is 0 Å². The van der Waals surface area contributed by atoms with Crippen LogP contribution in [0, 0.1) is 6.92 Å². The Labute approximate surface area is 110 Å². The molecule has 0 atom stereocenters. The molecule has 0 aliphatic heterocycles. The van der Waals surface area contributed by atoms with E-state index in [2.05, 4.69) is 33.8 Å². The molecule has 1 aromatic rings. The maximum Gasteiger partial charge on any atom is 0.164 e. The van der Waals surface area contributed by atoms with E-state index in [9.17, 15) is 0 Å². The van der Waals surface area contributed by atoms with E-state index in [-0.39, 0.29) is 5.41 Å². The van der Waals surface area contributed by atoms with Crippen LogP contribution in [0.3, 0.4) is 0 Å². The second-order valence-electron chi connectivity index (χ2n) is 5.58. The number of ether oxygens (including phenoxy) is 2. The first-order chi connectivity index (χ1) is 8.40. The van der Waals surface area contributed by atoms with Gasteiger partial charge < -0.3 is 15.2 Å². The molecule has 0 aromatic heterocycles. The van der Waals surface area contributed by atoms with Crippen molar-refractivity contribution < 1.29 is 9.47 Å². The highest BCUT2D eigenvalue weighted by Gasteiger charge is 2.22. The lowest BCUT2D eigenvalue weighted by Crippen LogP contribution is -2.14. The third kappa shape index (κ3) is 3.64. The van der Waals surface area contributed by atoms with Crippen LogP contribution < -0.4 is 15.2 Å². The van der Waals surface area contributed by atoms with E-state index in [4.69, 9.17) is 15.2 Å². The first-order valence-corrected chi connectivity index (χ1v) is 6.42. The van der Waals surface area contributed by atoms with Crippen LogP contribution in [-0.2, 0) is 5.41 Å². The number of benzene rings is 1. The Balaban J connectivity index is 3.12. The van der Waals surface area contributed by atoms with E-state index in [1.165, 1.54) is 11.1 Å². The van der Waals surface area contributed by atoms with Gasteiger partial charge in [0.25, 0.3) is 0 Å². The van der Waals surface area contributed by atoms with Crippen LogP contribution in [0.1, 0.15) is 38.3 Å². The monoisotopic (exact) mass is 251 g/mol. The minimum Gasteiger partial charge on any atom is -0.493 e. The van der Waals surface area contributed by atoms with Gasteiger partial charge in [0.1, 0.15) is 0 Å². The molecule has 0 saturated carbocycles. The fraction of sp³-hybridized carbons (Fsp3) is 0.600. The predicted molar refractivity (Wildman–Crippen MR) is 75.6 cm³/mol. The maximum atomic E-state index is 5.78. The summed E-state index contributed by atoms with van der Waals surface area (Å²) in [6.07, 6.45) is 0.849. The average Bonchev–Trinajstić information content (AvgIpc) is 2.27. The van der Waals surface area contributed by atoms with E-state index in [0.717, 1.165) is 17.9 Å². The molecule has 1 rings (SSSR count). The molecule has 0 radical (unpaired) electrons. The first-order valence-electron chi connectivity index (χ1n) is 6.42. The van der Waals surface area contributed by atoms with Crippen LogP contribution in [-0.4, -0.2) is 20.3 Å². The predicted octanol–water partition coefficient (Wildman–Crippen LogP) is 3.03. The zero-order chi connectivity index (χ0) is 13.8. The molecule has 0 spiro atoms. The van der Waals surface area contributed by atoms with E-state index in [0.29, 0.717) is 13.2 Å². The van der Waals surface area contributed by atoms with Gasteiger partial charge in [0.2, 0.25) is 0 Å². The fourth-order valence-corrected chi connectivity index (χ4v) is 1.88. The van der Waals surface area contributed by atoms with E-state index < -0.39 is 0 Å². The summed E-state index contributed by atoms with van der Waals surface area (Å²) in [4.78, 5) is 0. The van der Waals surface area contributed by atoms with Crippen molar-refractivity contribution in [2.24, 2.45) is 5.73 Å². The van der Waals surface area contributed by atoms with Crippen LogP contribution in [0.5, 0.6) is 11.5 Å². The highest BCUT2D eigenvalue weighted by Crippen LogP contribution is 2.39. The lowest BCUT2D eigenvalue weighted by Gasteiger charge is -2.24. The molecule has 3 nitrogen and oxygen atoms in total. The van der Waals surface area contributed by atoms with Crippen molar-refractivity contribution in [3.05, 3.63) is 23.3 Å². The van der Waals surface area contributed by atoms with Gasteiger partial charge in [-0.3, -0.25) is 0 Å². The van der Waals surface area contributed by atoms with Crippen molar-refractivity contribution >= 4 is 0 Å². The van der Waals surface area contributed by atoms with Crippen LogP contribution in [0.15, 0.2) is 12.1 Å². The zero-order valence-corrected chi connectivity index (χ0v) is 12.2. The quantitative estimate of drug-likeness (QED) is 0.818. The van der Waals surface area contributed by atoms with Crippen molar-refractivity contribution in [1.29, 1.82) is 0 Å². The Bertz CT molecular complexity index is 394. The number of hydrogen-bond donors (Lipinski definition) is 1. The topological polar surface area (TPSA) is 44.5 Å². The smallest absolute Gasteiger partial charge is 0.164 e. The van der Waals surface area contributed by atoms with Crippen molar-refractivity contribution in [3.8, 4) is 11.5 Å². The summed E-state index contributed by atoms with van der Waals surface area (Å²) in [6.45, 7) is 9.86. The molecule has 0 aliphatic carbocycles. The molecule has 0 bridgehead atoms. The van der Waals surface area contributed by atoms with Crippen LogP contribution in [0.4, 0.5) is 0 Å². The summed E-state index contributed by atoms with van der Waals surface area (Å²) in [7, 11) is 1.69. The van der Waals surface area contributed by atoms with Crippen molar-refractivity contribution in [2.75, 3.05) is 20.3 Å². The second-order valence-corrected chi connectivity index (χ2v) is 5.58. The highest BCUT2D eigenvalue weighted by molar-refractivity contribution is 5.52. The molecule has 0 unspecified atom stereocenters. The summed E-state index contributed by atoms with van der Waals surface area (Å²) < 4.78 is 11.3. The molecular formula is C15H25NO2. The van der Waals surface area contributed by atoms with Crippen molar-refractivity contribution in [3.63, 3.8) is 0 Å². The molecule has 0 aliphatic rings. The molecule has 0 saturated heterocycles.